The van der Waals surface area contributed by atoms with Crippen molar-refractivity contribution in [1.29, 1.82) is 0 Å². The number of nitrogens with zero attached hydrogens (tertiary/aromatic N) is 4. The van der Waals surface area contributed by atoms with Gasteiger partial charge < -0.3 is 11.5 Å². The molecule has 20 heteroatoms. The van der Waals surface area contributed by atoms with Crippen LogP contribution in [0, 0.1) is 0 Å². The highest BCUT2D eigenvalue weighted by molar-refractivity contribution is 7.94. The van der Waals surface area contributed by atoms with Crippen molar-refractivity contribution >= 4 is 74.0 Å². The van der Waals surface area contributed by atoms with Gasteiger partial charge in [0, 0.05) is 10.8 Å². The Hall–Kier alpha value is -4.34. The average Bonchev–Trinajstić information content (AvgIpc) is 2.91. The van der Waals surface area contributed by atoms with Gasteiger partial charge in [-0.1, -0.05) is 13.2 Å². The molecular formula is C22H20N6O10S4. The zero-order chi connectivity index (χ0) is 31.7. The summed E-state index contributed by atoms with van der Waals surface area (Å²) >= 11 is 0. The van der Waals surface area contributed by atoms with E-state index >= 15 is 0 Å². The quantitative estimate of drug-likeness (QED) is 0.137. The normalized spacial score (nSPS) is 13.0. The molecule has 0 saturated carbocycles. The number of benzene rings is 3. The summed E-state index contributed by atoms with van der Waals surface area (Å²) in [5.74, 6) is 0. The number of hydrogen-bond acceptors (Lipinski definition) is 14. The number of anilines is 2. The molecule has 222 valence electrons. The van der Waals surface area contributed by atoms with Crippen LogP contribution in [0.25, 0.3) is 0 Å². The van der Waals surface area contributed by atoms with E-state index in [2.05, 4.69) is 33.6 Å². The highest BCUT2D eigenvalue weighted by atomic mass is 32.2. The predicted molar refractivity (Wildman–Crippen MR) is 151 cm³/mol. The van der Waals surface area contributed by atoms with Gasteiger partial charge in [-0.25, -0.2) is 16.8 Å². The molecule has 3 rings (SSSR count). The molecule has 16 nitrogen and oxygen atoms in total. The summed E-state index contributed by atoms with van der Waals surface area (Å²) in [6.07, 6.45) is 0. The zero-order valence-electron chi connectivity index (χ0n) is 20.9. The van der Waals surface area contributed by atoms with Crippen molar-refractivity contribution in [1.82, 2.24) is 0 Å². The van der Waals surface area contributed by atoms with Crippen LogP contribution < -0.4 is 11.5 Å². The van der Waals surface area contributed by atoms with Crippen LogP contribution in [-0.4, -0.2) is 42.8 Å². The minimum absolute atomic E-state index is 0.0737. The lowest BCUT2D eigenvalue weighted by Crippen LogP contribution is -2.05. The van der Waals surface area contributed by atoms with E-state index in [0.29, 0.717) is 17.5 Å². The summed E-state index contributed by atoms with van der Waals surface area (Å²) in [6.45, 7) is 6.34. The fraction of sp³-hybridized carbons (Fsp3) is 0. The van der Waals surface area contributed by atoms with E-state index in [1.807, 2.05) is 0 Å². The summed E-state index contributed by atoms with van der Waals surface area (Å²) in [7, 11) is -17.9. The van der Waals surface area contributed by atoms with Crippen LogP contribution in [0.1, 0.15) is 0 Å². The number of hydrogen-bond donors (Lipinski definition) is 4. The number of nitrogens with two attached hydrogens (primary N) is 2. The van der Waals surface area contributed by atoms with Crippen molar-refractivity contribution in [3.05, 3.63) is 72.5 Å². The molecule has 0 heterocycles. The first-order chi connectivity index (χ1) is 19.3. The van der Waals surface area contributed by atoms with Crippen LogP contribution >= 0.6 is 0 Å². The van der Waals surface area contributed by atoms with Crippen LogP contribution in [0.2, 0.25) is 0 Å². The van der Waals surface area contributed by atoms with Gasteiger partial charge in [-0.2, -0.15) is 21.9 Å². The van der Waals surface area contributed by atoms with Crippen molar-refractivity contribution in [3.63, 3.8) is 0 Å². The second kappa shape index (κ2) is 11.5. The van der Waals surface area contributed by atoms with Gasteiger partial charge in [0.1, 0.15) is 26.9 Å². The lowest BCUT2D eigenvalue weighted by Gasteiger charge is -2.10. The van der Waals surface area contributed by atoms with E-state index in [4.69, 9.17) is 11.5 Å². The molecule has 0 aliphatic rings. The van der Waals surface area contributed by atoms with E-state index in [1.54, 1.807) is 0 Å². The molecule has 3 aromatic carbocycles. The monoisotopic (exact) mass is 656 g/mol. The highest BCUT2D eigenvalue weighted by Crippen LogP contribution is 2.43. The van der Waals surface area contributed by atoms with Crippen molar-refractivity contribution < 1.29 is 42.8 Å². The van der Waals surface area contributed by atoms with Gasteiger partial charge >= 0.3 is 0 Å². The first-order valence-corrected chi connectivity index (χ1v) is 16.8. The number of rotatable bonds is 10. The molecule has 0 amide bonds. The molecule has 0 atom stereocenters. The van der Waals surface area contributed by atoms with Crippen LogP contribution in [0.15, 0.2) is 113 Å². The van der Waals surface area contributed by atoms with Gasteiger partial charge in [0.25, 0.3) is 20.2 Å². The Morgan fingerprint density at radius 3 is 1.62 bits per heavy atom. The Labute approximate surface area is 240 Å². The van der Waals surface area contributed by atoms with Gasteiger partial charge in [0.05, 0.1) is 26.9 Å². The average molecular weight is 657 g/mol. The molecule has 0 radical (unpaired) electrons. The minimum atomic E-state index is -5.05. The van der Waals surface area contributed by atoms with Gasteiger partial charge in [0.15, 0.2) is 19.7 Å². The van der Waals surface area contributed by atoms with Crippen LogP contribution in [0.5, 0.6) is 0 Å². The van der Waals surface area contributed by atoms with Crippen molar-refractivity contribution in [2.24, 2.45) is 20.5 Å². The van der Waals surface area contributed by atoms with E-state index in [0.717, 1.165) is 17.5 Å². The van der Waals surface area contributed by atoms with Gasteiger partial charge in [-0.3, -0.25) is 9.11 Å². The lowest BCUT2D eigenvalue weighted by atomic mass is 10.2. The first-order valence-electron chi connectivity index (χ1n) is 10.8. The Morgan fingerprint density at radius 2 is 1.10 bits per heavy atom. The standard InChI is InChI=1S/C22H20N6O10S4/c1-3-39(29,30)14-7-5-13(6-8-14)25-28-22-20(23)17(12-19(21(22)24)42(36,37)38)27-26-16-10-9-15(40(31,32)4-2)11-18(16)41(33,34)35/h3-12H,1-2,23-24H2,(H,33,34,35)(H,36,37,38). The summed E-state index contributed by atoms with van der Waals surface area (Å²) in [5.41, 5.74) is 9.26. The molecule has 0 unspecified atom stereocenters. The van der Waals surface area contributed by atoms with E-state index < -0.39 is 83.0 Å². The fourth-order valence-electron chi connectivity index (χ4n) is 3.14. The first kappa shape index (κ1) is 32.2. The molecule has 6 N–H and O–H groups in total. The smallest absolute Gasteiger partial charge is 0.296 e. The maximum Gasteiger partial charge on any atom is 0.296 e. The maximum atomic E-state index is 12.0. The Kier molecular flexibility index (Phi) is 8.81. The van der Waals surface area contributed by atoms with Gasteiger partial charge in [-0.15, -0.1) is 15.3 Å². The van der Waals surface area contributed by atoms with E-state index in [-0.39, 0.29) is 10.6 Å². The van der Waals surface area contributed by atoms with Crippen molar-refractivity contribution in [2.45, 2.75) is 19.6 Å². The number of nitrogen functional groups attached to an aromatic ring is 2. The van der Waals surface area contributed by atoms with Crippen molar-refractivity contribution in [2.75, 3.05) is 11.5 Å². The number of azo groups is 2. The van der Waals surface area contributed by atoms with Crippen LogP contribution in [0.4, 0.5) is 34.1 Å². The Balaban J connectivity index is 2.17. The zero-order valence-corrected chi connectivity index (χ0v) is 24.2. The lowest BCUT2D eigenvalue weighted by molar-refractivity contribution is 0.481. The third-order valence-electron chi connectivity index (χ3n) is 5.27. The fourth-order valence-corrected chi connectivity index (χ4v) is 5.94. The topological polar surface area (TPSA) is 278 Å². The van der Waals surface area contributed by atoms with Gasteiger partial charge in [0.2, 0.25) is 0 Å². The molecular weight excluding hydrogens is 637 g/mol. The molecule has 0 aliphatic heterocycles. The van der Waals surface area contributed by atoms with E-state index in [1.165, 1.54) is 24.3 Å². The second-order valence-electron chi connectivity index (χ2n) is 7.97. The SMILES string of the molecule is C=CS(=O)(=O)c1ccc(N=Nc2c(N)c(N=Nc3ccc(S(=O)(=O)C=C)cc3S(=O)(=O)O)cc(S(=O)(=O)O)c2N)cc1. The molecule has 0 spiro atoms. The van der Waals surface area contributed by atoms with Crippen molar-refractivity contribution in [3.8, 4) is 0 Å². The van der Waals surface area contributed by atoms with Gasteiger partial charge in [-0.05, 0) is 48.5 Å². The summed E-state index contributed by atoms with van der Waals surface area (Å²) in [4.78, 5) is -2.53. The minimum Gasteiger partial charge on any atom is -0.396 e. The molecule has 0 aliphatic carbocycles. The molecule has 42 heavy (non-hydrogen) atoms. The summed E-state index contributed by atoms with van der Waals surface area (Å²) in [5, 5.41) is 16.3. The molecule has 0 saturated heterocycles. The highest BCUT2D eigenvalue weighted by Gasteiger charge is 2.24. The summed E-state index contributed by atoms with van der Waals surface area (Å²) < 4.78 is 115. The largest absolute Gasteiger partial charge is 0.396 e. The molecule has 0 aromatic heterocycles. The summed E-state index contributed by atoms with van der Waals surface area (Å²) in [6, 6.07) is 8.04. The van der Waals surface area contributed by atoms with E-state index in [9.17, 15) is 42.8 Å². The molecule has 3 aromatic rings. The molecule has 0 fully saturated rings. The van der Waals surface area contributed by atoms with Crippen LogP contribution in [0.3, 0.4) is 0 Å². The second-order valence-corrected chi connectivity index (χ2v) is 14.5. The van der Waals surface area contributed by atoms with Crippen LogP contribution in [-0.2, 0) is 39.9 Å². The Morgan fingerprint density at radius 1 is 0.595 bits per heavy atom. The third kappa shape index (κ3) is 6.92. The third-order valence-corrected chi connectivity index (χ3v) is 9.76. The predicted octanol–water partition coefficient (Wildman–Crippen LogP) is 4.01. The maximum absolute atomic E-state index is 12.0. The molecule has 0 bridgehead atoms. The Bertz CT molecular complexity index is 2110. The number of sulfone groups is 2.